The zero-order chi connectivity index (χ0) is 17.8. The Morgan fingerprint density at radius 3 is 2.72 bits per heavy atom. The molecule has 0 aliphatic heterocycles. The summed E-state index contributed by atoms with van der Waals surface area (Å²) in [7, 11) is 0. The quantitative estimate of drug-likeness (QED) is 0.500. The van der Waals surface area contributed by atoms with E-state index in [-0.39, 0.29) is 13.1 Å². The average Bonchev–Trinajstić information content (AvgIpc) is 2.98. The predicted octanol–water partition coefficient (Wildman–Crippen LogP) is 4.02. The molecule has 1 unspecified atom stereocenters. The number of halogens is 1. The Balaban J connectivity index is 1.91. The molecule has 1 amide bonds. The van der Waals surface area contributed by atoms with Crippen molar-refractivity contribution >= 4 is 28.6 Å². The van der Waals surface area contributed by atoms with Gasteiger partial charge in [0.2, 0.25) is 0 Å². The van der Waals surface area contributed by atoms with E-state index in [2.05, 4.69) is 10.3 Å². The van der Waals surface area contributed by atoms with Crippen molar-refractivity contribution in [1.29, 1.82) is 0 Å². The molecule has 0 saturated carbocycles. The van der Waals surface area contributed by atoms with Crippen LogP contribution in [0.4, 0.5) is 4.79 Å². The van der Waals surface area contributed by atoms with Crippen LogP contribution in [0.25, 0.3) is 10.9 Å². The lowest BCUT2D eigenvalue weighted by molar-refractivity contribution is -0.135. The molecule has 0 spiro atoms. The van der Waals surface area contributed by atoms with Gasteiger partial charge in [0.05, 0.1) is 6.04 Å². The number of carbonyl (C=O) groups is 1. The molecular formula is C18H18ClN3O3. The first kappa shape index (κ1) is 17.3. The number of amides is 1. The summed E-state index contributed by atoms with van der Waals surface area (Å²) in [4.78, 5) is 14.0. The van der Waals surface area contributed by atoms with Crippen LogP contribution in [0.1, 0.15) is 17.2 Å². The first-order valence-electron chi connectivity index (χ1n) is 7.77. The Kier molecular flexibility index (Phi) is 5.23. The number of hydrogen-bond acceptors (Lipinski definition) is 3. The molecule has 3 rings (SSSR count). The van der Waals surface area contributed by atoms with Gasteiger partial charge in [-0.3, -0.25) is 0 Å². The minimum absolute atomic E-state index is 0.0498. The molecule has 1 heterocycles. The van der Waals surface area contributed by atoms with Gasteiger partial charge in [0, 0.05) is 35.2 Å². The topological polar surface area (TPSA) is 88.6 Å². The monoisotopic (exact) mass is 359 g/mol. The maximum Gasteiger partial charge on any atom is 0.404 e. The lowest BCUT2D eigenvalue weighted by Gasteiger charge is -2.26. The van der Waals surface area contributed by atoms with Crippen LogP contribution in [-0.4, -0.2) is 33.0 Å². The maximum atomic E-state index is 10.9. The molecule has 130 valence electrons. The number of hydrogen-bond donors (Lipinski definition) is 4. The van der Waals surface area contributed by atoms with Crippen molar-refractivity contribution in [2.45, 2.75) is 12.6 Å². The van der Waals surface area contributed by atoms with Crippen molar-refractivity contribution in [2.24, 2.45) is 0 Å². The molecule has 0 bridgehead atoms. The molecule has 1 atom stereocenters. The van der Waals surface area contributed by atoms with Crippen LogP contribution in [0.3, 0.4) is 0 Å². The van der Waals surface area contributed by atoms with Gasteiger partial charge in [-0.25, -0.2) is 4.79 Å². The Hall–Kier alpha value is -2.54. The second-order valence-electron chi connectivity index (χ2n) is 5.72. The summed E-state index contributed by atoms with van der Waals surface area (Å²) >= 11 is 6.01. The number of fused-ring (bicyclic) bond motifs is 1. The van der Waals surface area contributed by atoms with E-state index in [0.717, 1.165) is 27.1 Å². The molecule has 0 aliphatic carbocycles. The van der Waals surface area contributed by atoms with Crippen LogP contribution in [-0.2, 0) is 6.54 Å². The minimum Gasteiger partial charge on any atom is -0.465 e. The lowest BCUT2D eigenvalue weighted by Crippen LogP contribution is -2.35. The lowest BCUT2D eigenvalue weighted by atomic mass is 10.0. The summed E-state index contributed by atoms with van der Waals surface area (Å²) in [6.45, 7) is 0.321. The maximum absolute atomic E-state index is 10.9. The smallest absolute Gasteiger partial charge is 0.404 e. The number of H-pyrrole nitrogens is 1. The van der Waals surface area contributed by atoms with Gasteiger partial charge in [0.1, 0.15) is 0 Å². The van der Waals surface area contributed by atoms with Crippen LogP contribution < -0.4 is 5.32 Å². The number of hydroxylamine groups is 2. The van der Waals surface area contributed by atoms with Crippen LogP contribution >= 0.6 is 11.6 Å². The third-order valence-electron chi connectivity index (χ3n) is 4.03. The SMILES string of the molecule is O=C(O)NCC(c1c[nH]c2cc(Cl)ccc12)N(O)Cc1ccccc1. The van der Waals surface area contributed by atoms with Gasteiger partial charge in [0.15, 0.2) is 0 Å². The van der Waals surface area contributed by atoms with Crippen LogP contribution in [0.2, 0.25) is 5.02 Å². The van der Waals surface area contributed by atoms with Crippen LogP contribution in [0.15, 0.2) is 54.7 Å². The third kappa shape index (κ3) is 4.11. The van der Waals surface area contributed by atoms with E-state index in [4.69, 9.17) is 16.7 Å². The molecule has 25 heavy (non-hydrogen) atoms. The Bertz CT molecular complexity index is 866. The third-order valence-corrected chi connectivity index (χ3v) is 4.26. The molecule has 0 aliphatic rings. The molecular weight excluding hydrogens is 342 g/mol. The highest BCUT2D eigenvalue weighted by Gasteiger charge is 2.23. The van der Waals surface area contributed by atoms with Crippen LogP contribution in [0, 0.1) is 0 Å². The van der Waals surface area contributed by atoms with Crippen molar-refractivity contribution in [3.63, 3.8) is 0 Å². The molecule has 0 saturated heterocycles. The van der Waals surface area contributed by atoms with Crippen molar-refractivity contribution in [3.8, 4) is 0 Å². The van der Waals surface area contributed by atoms with E-state index in [1.807, 2.05) is 36.4 Å². The zero-order valence-corrected chi connectivity index (χ0v) is 14.1. The number of carboxylic acid groups (broad SMARTS) is 1. The Morgan fingerprint density at radius 1 is 1.24 bits per heavy atom. The van der Waals surface area contributed by atoms with Crippen molar-refractivity contribution in [1.82, 2.24) is 15.4 Å². The summed E-state index contributed by atoms with van der Waals surface area (Å²) in [6.07, 6.45) is 0.629. The highest BCUT2D eigenvalue weighted by atomic mass is 35.5. The molecule has 0 fully saturated rings. The summed E-state index contributed by atoms with van der Waals surface area (Å²) in [5.41, 5.74) is 2.54. The fraction of sp³-hybridized carbons (Fsp3) is 0.167. The first-order chi connectivity index (χ1) is 12.0. The normalized spacial score (nSPS) is 12.4. The van der Waals surface area contributed by atoms with Gasteiger partial charge in [-0.15, -0.1) is 0 Å². The standard InChI is InChI=1S/C18H18ClN3O3/c19-13-6-7-14-15(9-20-16(14)8-13)17(10-21-18(23)24)22(25)11-12-4-2-1-3-5-12/h1-9,17,20-21,25H,10-11H2,(H,23,24). The highest BCUT2D eigenvalue weighted by Crippen LogP contribution is 2.29. The van der Waals surface area contributed by atoms with E-state index in [1.165, 1.54) is 0 Å². The fourth-order valence-electron chi connectivity index (χ4n) is 2.84. The molecule has 2 aromatic carbocycles. The number of nitrogens with zero attached hydrogens (tertiary/aromatic N) is 1. The van der Waals surface area contributed by atoms with Gasteiger partial charge in [0.25, 0.3) is 0 Å². The van der Waals surface area contributed by atoms with Gasteiger partial charge >= 0.3 is 6.09 Å². The van der Waals surface area contributed by atoms with Crippen molar-refractivity contribution < 1.29 is 15.1 Å². The summed E-state index contributed by atoms with van der Waals surface area (Å²) in [6, 6.07) is 14.4. The second kappa shape index (κ2) is 7.57. The highest BCUT2D eigenvalue weighted by molar-refractivity contribution is 6.31. The van der Waals surface area contributed by atoms with E-state index in [9.17, 15) is 10.0 Å². The number of nitrogens with one attached hydrogen (secondary N) is 2. The van der Waals surface area contributed by atoms with Crippen molar-refractivity contribution in [3.05, 3.63) is 70.9 Å². The summed E-state index contributed by atoms with van der Waals surface area (Å²) < 4.78 is 0. The molecule has 4 N–H and O–H groups in total. The van der Waals surface area contributed by atoms with E-state index >= 15 is 0 Å². The van der Waals surface area contributed by atoms with Crippen molar-refractivity contribution in [2.75, 3.05) is 6.54 Å². The Morgan fingerprint density at radius 2 is 2.00 bits per heavy atom. The van der Waals surface area contributed by atoms with E-state index in [0.29, 0.717) is 5.02 Å². The van der Waals surface area contributed by atoms with Crippen LogP contribution in [0.5, 0.6) is 0 Å². The number of rotatable bonds is 6. The van der Waals surface area contributed by atoms with Gasteiger partial charge in [-0.2, -0.15) is 5.06 Å². The van der Waals surface area contributed by atoms with Gasteiger partial charge in [-0.05, 0) is 23.3 Å². The number of aromatic amines is 1. The zero-order valence-electron chi connectivity index (χ0n) is 13.3. The average molecular weight is 360 g/mol. The molecule has 3 aromatic rings. The fourth-order valence-corrected chi connectivity index (χ4v) is 3.01. The molecule has 7 heteroatoms. The van der Waals surface area contributed by atoms with E-state index in [1.54, 1.807) is 18.3 Å². The molecule has 0 radical (unpaired) electrons. The predicted molar refractivity (Wildman–Crippen MR) is 95.8 cm³/mol. The largest absolute Gasteiger partial charge is 0.465 e. The second-order valence-corrected chi connectivity index (χ2v) is 6.16. The first-order valence-corrected chi connectivity index (χ1v) is 8.15. The minimum atomic E-state index is -1.14. The number of aromatic nitrogens is 1. The number of benzene rings is 2. The summed E-state index contributed by atoms with van der Waals surface area (Å²) in [5.74, 6) is 0. The van der Waals surface area contributed by atoms with Gasteiger partial charge in [-0.1, -0.05) is 48.0 Å². The Labute approximate surface area is 149 Å². The van der Waals surface area contributed by atoms with E-state index < -0.39 is 12.1 Å². The van der Waals surface area contributed by atoms with Gasteiger partial charge < -0.3 is 20.6 Å². The molecule has 6 nitrogen and oxygen atoms in total. The summed E-state index contributed by atoms with van der Waals surface area (Å²) in [5, 5.41) is 24.5. The molecule has 1 aromatic heterocycles.